The van der Waals surface area contributed by atoms with Gasteiger partial charge in [-0.05, 0) is 38.1 Å². The Morgan fingerprint density at radius 3 is 2.43 bits per heavy atom. The molecule has 0 N–H and O–H groups in total. The van der Waals surface area contributed by atoms with Gasteiger partial charge in [0, 0.05) is 26.2 Å². The molecule has 0 bridgehead atoms. The molecule has 0 atom stereocenters. The molecule has 1 aliphatic heterocycles. The van der Waals surface area contributed by atoms with Gasteiger partial charge in [0.1, 0.15) is 0 Å². The largest absolute Gasteiger partial charge is 0.417 e. The van der Waals surface area contributed by atoms with Crippen molar-refractivity contribution >= 4 is 11.6 Å². The first-order chi connectivity index (χ1) is 9.88. The van der Waals surface area contributed by atoms with Crippen LogP contribution in [0.15, 0.2) is 18.2 Å². The molecule has 0 saturated carbocycles. The van der Waals surface area contributed by atoms with Gasteiger partial charge in [0.05, 0.1) is 10.6 Å². The Kier molecular flexibility index (Phi) is 5.52. The van der Waals surface area contributed by atoms with Crippen LogP contribution in [0.3, 0.4) is 0 Å². The van der Waals surface area contributed by atoms with E-state index in [1.54, 1.807) is 6.07 Å². The second kappa shape index (κ2) is 6.99. The van der Waals surface area contributed by atoms with Crippen molar-refractivity contribution in [3.05, 3.63) is 34.3 Å². The average Bonchev–Trinajstić information content (AvgIpc) is 2.41. The molecule has 1 aromatic carbocycles. The van der Waals surface area contributed by atoms with E-state index in [0.29, 0.717) is 12.0 Å². The molecule has 0 amide bonds. The van der Waals surface area contributed by atoms with E-state index in [1.165, 1.54) is 6.07 Å². The van der Waals surface area contributed by atoms with E-state index in [4.69, 9.17) is 11.6 Å². The van der Waals surface area contributed by atoms with Crippen molar-refractivity contribution in [3.8, 4) is 0 Å². The Labute approximate surface area is 128 Å². The Bertz CT molecular complexity index is 468. The maximum atomic E-state index is 12.8. The first-order valence-corrected chi connectivity index (χ1v) is 7.51. The molecule has 21 heavy (non-hydrogen) atoms. The second-order valence-corrected chi connectivity index (χ2v) is 5.90. The molecule has 1 aromatic rings. The summed E-state index contributed by atoms with van der Waals surface area (Å²) in [5.41, 5.74) is -0.151. The number of hydrogen-bond donors (Lipinski definition) is 0. The summed E-state index contributed by atoms with van der Waals surface area (Å²) >= 11 is 5.89. The molecule has 0 aliphatic carbocycles. The highest BCUT2D eigenvalue weighted by atomic mass is 35.5. The Hall–Kier alpha value is -0.780. The highest BCUT2D eigenvalue weighted by Crippen LogP contribution is 2.36. The minimum atomic E-state index is -4.38. The van der Waals surface area contributed by atoms with Gasteiger partial charge in [-0.2, -0.15) is 13.2 Å². The topological polar surface area (TPSA) is 6.48 Å². The van der Waals surface area contributed by atoms with Crippen LogP contribution in [0.4, 0.5) is 13.2 Å². The fraction of sp³-hybridized carbons (Fsp3) is 0.600. The van der Waals surface area contributed by atoms with Crippen molar-refractivity contribution in [1.82, 2.24) is 9.80 Å². The number of rotatable bonds is 4. The van der Waals surface area contributed by atoms with Gasteiger partial charge >= 0.3 is 6.18 Å². The van der Waals surface area contributed by atoms with Crippen molar-refractivity contribution in [2.75, 3.05) is 39.8 Å². The SMILES string of the molecule is CN1CCN(CCCc2cccc(C(F)(F)F)c2Cl)CC1. The fourth-order valence-corrected chi connectivity index (χ4v) is 2.88. The highest BCUT2D eigenvalue weighted by Gasteiger charge is 2.33. The summed E-state index contributed by atoms with van der Waals surface area (Å²) in [7, 11) is 2.10. The fourth-order valence-electron chi connectivity index (χ4n) is 2.56. The van der Waals surface area contributed by atoms with Crippen LogP contribution in [0.1, 0.15) is 17.5 Å². The van der Waals surface area contributed by atoms with Gasteiger partial charge in [-0.3, -0.25) is 0 Å². The molecule has 118 valence electrons. The smallest absolute Gasteiger partial charge is 0.304 e. The number of hydrogen-bond acceptors (Lipinski definition) is 2. The number of nitrogens with zero attached hydrogens (tertiary/aromatic N) is 2. The molecule has 0 aromatic heterocycles. The molecule has 0 unspecified atom stereocenters. The number of halogens is 4. The molecule has 2 nitrogen and oxygen atoms in total. The zero-order chi connectivity index (χ0) is 15.5. The van der Waals surface area contributed by atoms with Crippen LogP contribution in [0, 0.1) is 0 Å². The van der Waals surface area contributed by atoms with Crippen molar-refractivity contribution in [2.45, 2.75) is 19.0 Å². The number of piperazine rings is 1. The lowest BCUT2D eigenvalue weighted by molar-refractivity contribution is -0.137. The van der Waals surface area contributed by atoms with E-state index in [1.807, 2.05) is 0 Å². The summed E-state index contributed by atoms with van der Waals surface area (Å²) in [6.45, 7) is 5.04. The molecule has 1 aliphatic rings. The molecule has 1 saturated heterocycles. The summed E-state index contributed by atoms with van der Waals surface area (Å²) in [5, 5.41) is -0.150. The zero-order valence-electron chi connectivity index (χ0n) is 12.1. The first-order valence-electron chi connectivity index (χ1n) is 7.13. The Morgan fingerprint density at radius 1 is 1.14 bits per heavy atom. The molecule has 0 spiro atoms. The maximum absolute atomic E-state index is 12.8. The molecular weight excluding hydrogens is 301 g/mol. The molecule has 1 fully saturated rings. The van der Waals surface area contributed by atoms with Crippen LogP contribution < -0.4 is 0 Å². The second-order valence-electron chi connectivity index (χ2n) is 5.52. The highest BCUT2D eigenvalue weighted by molar-refractivity contribution is 6.32. The summed E-state index contributed by atoms with van der Waals surface area (Å²) in [6, 6.07) is 4.15. The van der Waals surface area contributed by atoms with E-state index in [2.05, 4.69) is 16.8 Å². The zero-order valence-corrected chi connectivity index (χ0v) is 12.8. The van der Waals surface area contributed by atoms with Gasteiger partial charge in [0.2, 0.25) is 0 Å². The average molecular weight is 321 g/mol. The molecule has 6 heteroatoms. The van der Waals surface area contributed by atoms with E-state index in [9.17, 15) is 13.2 Å². The summed E-state index contributed by atoms with van der Waals surface area (Å²) in [6.07, 6.45) is -2.98. The Balaban J connectivity index is 1.89. The van der Waals surface area contributed by atoms with Crippen molar-refractivity contribution in [3.63, 3.8) is 0 Å². The van der Waals surface area contributed by atoms with Gasteiger partial charge in [-0.25, -0.2) is 0 Å². The van der Waals surface area contributed by atoms with Gasteiger partial charge < -0.3 is 9.80 Å². The molecule has 1 heterocycles. The normalized spacial score (nSPS) is 18.1. The van der Waals surface area contributed by atoms with Gasteiger partial charge in [-0.15, -0.1) is 0 Å². The van der Waals surface area contributed by atoms with Crippen LogP contribution in [-0.4, -0.2) is 49.6 Å². The maximum Gasteiger partial charge on any atom is 0.417 e. The van der Waals surface area contributed by atoms with Gasteiger partial charge in [0.15, 0.2) is 0 Å². The van der Waals surface area contributed by atoms with Crippen LogP contribution in [0.2, 0.25) is 5.02 Å². The quantitative estimate of drug-likeness (QED) is 0.837. The first kappa shape index (κ1) is 16.6. The molecular formula is C15H20ClF3N2. The summed E-state index contributed by atoms with van der Waals surface area (Å²) < 4.78 is 38.3. The summed E-state index contributed by atoms with van der Waals surface area (Å²) in [5.74, 6) is 0. The number of aryl methyl sites for hydroxylation is 1. The third-order valence-corrected chi connectivity index (χ3v) is 4.35. The number of benzene rings is 1. The minimum absolute atomic E-state index is 0.150. The van der Waals surface area contributed by atoms with E-state index < -0.39 is 11.7 Å². The van der Waals surface area contributed by atoms with Crippen LogP contribution in [0.5, 0.6) is 0 Å². The van der Waals surface area contributed by atoms with E-state index in [-0.39, 0.29) is 5.02 Å². The predicted molar refractivity (Wildman–Crippen MR) is 78.7 cm³/mol. The number of likely N-dealkylation sites (N-methyl/N-ethyl adjacent to an activating group) is 1. The van der Waals surface area contributed by atoms with E-state index >= 15 is 0 Å². The number of alkyl halides is 3. The van der Waals surface area contributed by atoms with Gasteiger partial charge in [0.25, 0.3) is 0 Å². The standard InChI is InChI=1S/C15H20ClF3N2/c1-20-8-10-21(11-9-20)7-3-5-12-4-2-6-13(14(12)16)15(17,18)19/h2,4,6H,3,5,7-11H2,1H3. The van der Waals surface area contributed by atoms with Crippen molar-refractivity contribution in [2.24, 2.45) is 0 Å². The van der Waals surface area contributed by atoms with Gasteiger partial charge in [-0.1, -0.05) is 23.7 Å². The lowest BCUT2D eigenvalue weighted by Gasteiger charge is -2.32. The monoisotopic (exact) mass is 320 g/mol. The van der Waals surface area contributed by atoms with E-state index in [0.717, 1.165) is 45.2 Å². The third-order valence-electron chi connectivity index (χ3n) is 3.90. The minimum Gasteiger partial charge on any atom is -0.304 e. The lowest BCUT2D eigenvalue weighted by Crippen LogP contribution is -2.44. The molecule has 2 rings (SSSR count). The van der Waals surface area contributed by atoms with Crippen LogP contribution in [-0.2, 0) is 12.6 Å². The molecule has 0 radical (unpaired) electrons. The third kappa shape index (κ3) is 4.59. The van der Waals surface area contributed by atoms with Crippen LogP contribution >= 0.6 is 11.6 Å². The predicted octanol–water partition coefficient (Wildman–Crippen LogP) is 3.54. The lowest BCUT2D eigenvalue weighted by atomic mass is 10.1. The van der Waals surface area contributed by atoms with Crippen molar-refractivity contribution in [1.29, 1.82) is 0 Å². The van der Waals surface area contributed by atoms with Crippen molar-refractivity contribution < 1.29 is 13.2 Å². The summed E-state index contributed by atoms with van der Waals surface area (Å²) in [4.78, 5) is 4.63. The van der Waals surface area contributed by atoms with Crippen LogP contribution in [0.25, 0.3) is 0 Å². The Morgan fingerprint density at radius 2 is 1.81 bits per heavy atom.